The monoisotopic (exact) mass is 66.0 g/mol. The quantitative estimate of drug-likeness (QED) is 0.390. The molecule has 0 amide bonds. The molecule has 1 rings (SSSR count). The maximum atomic E-state index is 3.72. The second-order valence-corrected chi connectivity index (χ2v) is 0.872. The summed E-state index contributed by atoms with van der Waals surface area (Å²) >= 11 is 0. The van der Waals surface area contributed by atoms with Crippen LogP contribution in [0.2, 0.25) is 0 Å². The molecular weight excluding hydrogens is 62.1 g/mol. The van der Waals surface area contributed by atoms with E-state index in [2.05, 4.69) is 11.2 Å². The van der Waals surface area contributed by atoms with Crippen molar-refractivity contribution >= 4 is 6.21 Å². The van der Waals surface area contributed by atoms with Gasteiger partial charge in [0.2, 0.25) is 0 Å². The Morgan fingerprint density at radius 3 is 3.00 bits per heavy atom. The van der Waals surface area contributed by atoms with Crippen LogP contribution in [-0.2, 0) is 0 Å². The zero-order valence-corrected chi connectivity index (χ0v) is 2.81. The average Bonchev–Trinajstić information content (AvgIpc) is 1.76. The van der Waals surface area contributed by atoms with Crippen LogP contribution >= 0.6 is 0 Å². The molecule has 0 aromatic carbocycles. The second kappa shape index (κ2) is 1.02. The maximum Gasteiger partial charge on any atom is 0.0827 e. The van der Waals surface area contributed by atoms with E-state index in [1.165, 1.54) is 0 Å². The van der Waals surface area contributed by atoms with Gasteiger partial charge in [0.05, 0.1) is 12.8 Å². The van der Waals surface area contributed by atoms with Crippen molar-refractivity contribution in [2.75, 3.05) is 6.54 Å². The highest BCUT2D eigenvalue weighted by atomic mass is 14.7. The summed E-state index contributed by atoms with van der Waals surface area (Å²) in [6, 6.07) is 0. The zero-order valence-electron chi connectivity index (χ0n) is 2.81. The molecule has 0 bridgehead atoms. The third-order valence-corrected chi connectivity index (χ3v) is 0.480. The molecule has 25 valence electrons. The summed E-state index contributed by atoms with van der Waals surface area (Å²) in [6.45, 7) is 0.833. The van der Waals surface area contributed by atoms with Crippen molar-refractivity contribution in [3.05, 3.63) is 12.2 Å². The fourth-order valence-corrected chi connectivity index (χ4v) is 0.264. The fourth-order valence-electron chi connectivity index (χ4n) is 0.264. The van der Waals surface area contributed by atoms with Crippen LogP contribution in [0.15, 0.2) is 17.1 Å². The van der Waals surface area contributed by atoms with E-state index in [9.17, 15) is 0 Å². The normalized spacial score (nSPS) is 17.6. The predicted octanol–water partition coefficient (Wildman–Crippen LogP) is 0.504. The van der Waals surface area contributed by atoms with E-state index < -0.39 is 0 Å². The van der Waals surface area contributed by atoms with Crippen molar-refractivity contribution in [2.24, 2.45) is 4.99 Å². The summed E-state index contributed by atoms with van der Waals surface area (Å²) in [6.07, 6.45) is 6.44. The Hall–Kier alpha value is -0.590. The largest absolute Gasteiger partial charge is 0.279 e. The summed E-state index contributed by atoms with van der Waals surface area (Å²) in [5, 5.41) is 0. The topological polar surface area (TPSA) is 12.4 Å². The molecule has 1 aliphatic rings. The Kier molecular flexibility index (Phi) is 0.537. The molecule has 0 unspecified atom stereocenters. The van der Waals surface area contributed by atoms with Gasteiger partial charge in [0, 0.05) is 0 Å². The highest BCUT2D eigenvalue weighted by Crippen LogP contribution is 1.78. The number of aliphatic imine (C=N–C) groups is 1. The van der Waals surface area contributed by atoms with Gasteiger partial charge < -0.3 is 0 Å². The van der Waals surface area contributed by atoms with E-state index in [0.717, 1.165) is 6.54 Å². The molecule has 0 aliphatic carbocycles. The van der Waals surface area contributed by atoms with Gasteiger partial charge in [0.25, 0.3) is 0 Å². The van der Waals surface area contributed by atoms with Crippen LogP contribution in [0.25, 0.3) is 0 Å². The Bertz CT molecular complexity index is 61.7. The molecule has 1 radical (unpaired) electrons. The number of hydrogen-bond acceptors (Lipinski definition) is 1. The lowest BCUT2D eigenvalue weighted by molar-refractivity contribution is 1.29. The van der Waals surface area contributed by atoms with Crippen LogP contribution in [0.3, 0.4) is 0 Å². The molecule has 0 atom stereocenters. The van der Waals surface area contributed by atoms with Crippen LogP contribution < -0.4 is 0 Å². The van der Waals surface area contributed by atoms with Gasteiger partial charge in [-0.1, -0.05) is 6.08 Å². The van der Waals surface area contributed by atoms with Gasteiger partial charge >= 0.3 is 0 Å². The molecule has 0 spiro atoms. The first kappa shape index (κ1) is 2.64. The van der Waals surface area contributed by atoms with Crippen LogP contribution in [0, 0.1) is 0 Å². The molecule has 1 heteroatoms. The number of nitrogens with zero attached hydrogens (tertiary/aromatic N) is 1. The summed E-state index contributed by atoms with van der Waals surface area (Å²) in [4.78, 5) is 3.72. The van der Waals surface area contributed by atoms with Crippen molar-refractivity contribution in [2.45, 2.75) is 0 Å². The van der Waals surface area contributed by atoms with Gasteiger partial charge in [0.1, 0.15) is 0 Å². The first-order chi connectivity index (χ1) is 2.50. The van der Waals surface area contributed by atoms with E-state index in [1.54, 1.807) is 0 Å². The van der Waals surface area contributed by atoms with Crippen molar-refractivity contribution in [3.8, 4) is 0 Å². The molecule has 0 aromatic rings. The van der Waals surface area contributed by atoms with Crippen LogP contribution in [0.1, 0.15) is 0 Å². The molecule has 0 N–H and O–H groups in total. The van der Waals surface area contributed by atoms with E-state index in [1.807, 2.05) is 12.2 Å². The molecular formula is C4H4N. The van der Waals surface area contributed by atoms with Crippen molar-refractivity contribution in [3.63, 3.8) is 0 Å². The minimum Gasteiger partial charge on any atom is -0.279 e. The molecule has 5 heavy (non-hydrogen) atoms. The molecule has 0 saturated heterocycles. The summed E-state index contributed by atoms with van der Waals surface area (Å²) in [7, 11) is 0. The fraction of sp³-hybridized carbons (Fsp3) is 0.250. The van der Waals surface area contributed by atoms with Crippen molar-refractivity contribution < 1.29 is 0 Å². The van der Waals surface area contributed by atoms with Gasteiger partial charge in [-0.05, 0) is 6.08 Å². The third-order valence-electron chi connectivity index (χ3n) is 0.480. The third kappa shape index (κ3) is 0.349. The van der Waals surface area contributed by atoms with E-state index >= 15 is 0 Å². The Morgan fingerprint density at radius 2 is 2.80 bits per heavy atom. The Balaban J connectivity index is 2.61. The zero-order chi connectivity index (χ0) is 3.54. The Labute approximate surface area is 31.0 Å². The van der Waals surface area contributed by atoms with E-state index in [0.29, 0.717) is 0 Å². The summed E-state index contributed by atoms with van der Waals surface area (Å²) < 4.78 is 0. The number of allylic oxidation sites excluding steroid dienone is 1. The SMILES string of the molecule is [C]1=NCC=C1. The first-order valence-corrected chi connectivity index (χ1v) is 1.57. The van der Waals surface area contributed by atoms with Gasteiger partial charge in [-0.25, -0.2) is 0 Å². The van der Waals surface area contributed by atoms with Crippen LogP contribution in [0.5, 0.6) is 0 Å². The lowest BCUT2D eigenvalue weighted by atomic mass is 10.6. The van der Waals surface area contributed by atoms with Gasteiger partial charge in [-0.15, -0.1) is 0 Å². The van der Waals surface area contributed by atoms with E-state index in [-0.39, 0.29) is 0 Å². The smallest absolute Gasteiger partial charge is 0.0827 e. The minimum absolute atomic E-state index is 0.833. The standard InChI is InChI=1S/C4H4N/c1-2-4-5-3-1/h1-2H,3H2. The first-order valence-electron chi connectivity index (χ1n) is 1.57. The van der Waals surface area contributed by atoms with Gasteiger partial charge in [0.15, 0.2) is 0 Å². The minimum atomic E-state index is 0.833. The molecule has 1 heterocycles. The maximum absolute atomic E-state index is 3.72. The lowest BCUT2D eigenvalue weighted by Crippen LogP contribution is -1.54. The second-order valence-electron chi connectivity index (χ2n) is 0.872. The summed E-state index contributed by atoms with van der Waals surface area (Å²) in [5.74, 6) is 0. The number of rotatable bonds is 0. The van der Waals surface area contributed by atoms with Gasteiger partial charge in [-0.2, -0.15) is 0 Å². The molecule has 1 aliphatic heterocycles. The lowest BCUT2D eigenvalue weighted by Gasteiger charge is -1.59. The average molecular weight is 66.1 g/mol. The predicted molar refractivity (Wildman–Crippen MR) is 21.4 cm³/mol. The van der Waals surface area contributed by atoms with E-state index in [4.69, 9.17) is 0 Å². The molecule has 1 nitrogen and oxygen atoms in total. The highest BCUT2D eigenvalue weighted by molar-refractivity contribution is 5.73. The van der Waals surface area contributed by atoms with Crippen LogP contribution in [0.4, 0.5) is 0 Å². The van der Waals surface area contributed by atoms with Crippen molar-refractivity contribution in [1.82, 2.24) is 0 Å². The van der Waals surface area contributed by atoms with Crippen LogP contribution in [-0.4, -0.2) is 12.8 Å². The highest BCUT2D eigenvalue weighted by Gasteiger charge is 1.74. The molecule has 0 saturated carbocycles. The van der Waals surface area contributed by atoms with Crippen molar-refractivity contribution in [1.29, 1.82) is 0 Å². The number of hydrogen-bond donors (Lipinski definition) is 0. The Morgan fingerprint density at radius 1 is 1.80 bits per heavy atom. The van der Waals surface area contributed by atoms with Gasteiger partial charge in [-0.3, -0.25) is 4.99 Å². The molecule has 0 fully saturated rings. The molecule has 0 aromatic heterocycles. The summed E-state index contributed by atoms with van der Waals surface area (Å²) in [5.41, 5.74) is 0.